The van der Waals surface area contributed by atoms with Crippen LogP contribution in [0.2, 0.25) is 0 Å². The van der Waals surface area contributed by atoms with Crippen LogP contribution in [0.1, 0.15) is 0 Å². The van der Waals surface area contributed by atoms with Gasteiger partial charge in [-0.1, -0.05) is 0 Å². The topological polar surface area (TPSA) is 172 Å². The number of fused-ring (bicyclic) bond motifs is 1. The minimum atomic E-state index is -4.55. The van der Waals surface area contributed by atoms with Gasteiger partial charge in [-0.3, -0.25) is 4.55 Å². The van der Waals surface area contributed by atoms with E-state index in [9.17, 15) is 31.7 Å². The lowest BCUT2D eigenvalue weighted by molar-refractivity contribution is 0.375. The van der Waals surface area contributed by atoms with Gasteiger partial charge in [0.25, 0.3) is 10.1 Å². The van der Waals surface area contributed by atoms with Crippen LogP contribution in [-0.2, 0) is 10.1 Å². The summed E-state index contributed by atoms with van der Waals surface area (Å²) in [5, 5.41) is 20.2. The van der Waals surface area contributed by atoms with Crippen LogP contribution >= 0.6 is 10.9 Å². The minimum absolute atomic E-state index is 0.0195. The van der Waals surface area contributed by atoms with E-state index in [1.54, 1.807) is 0 Å². The normalized spacial score (nSPS) is 13.6. The Morgan fingerprint density at radius 3 is 2.17 bits per heavy atom. The van der Waals surface area contributed by atoms with Crippen molar-refractivity contribution in [2.75, 3.05) is 19.4 Å². The van der Waals surface area contributed by atoms with Gasteiger partial charge in [-0.15, -0.1) is 0 Å². The summed E-state index contributed by atoms with van der Waals surface area (Å²) in [7, 11) is -6.11. The number of phenolic OH excluding ortho intramolecular Hbond substituents is 1. The summed E-state index contributed by atoms with van der Waals surface area (Å²) < 4.78 is 60.6. The maximum atomic E-state index is 11.4. The molecule has 2 rings (SSSR count). The first-order chi connectivity index (χ1) is 11.0. The molecule has 0 fully saturated rings. The van der Waals surface area contributed by atoms with Gasteiger partial charge < -0.3 is 24.1 Å². The van der Waals surface area contributed by atoms with Crippen molar-refractivity contribution in [2.45, 2.75) is 9.79 Å². The quantitative estimate of drug-likeness (QED) is 0.348. The average Bonchev–Trinajstić information content (AvgIpc) is 2.46. The maximum absolute atomic E-state index is 11.4. The van der Waals surface area contributed by atoms with Crippen molar-refractivity contribution in [3.05, 3.63) is 18.2 Å². The lowest BCUT2D eigenvalue weighted by Crippen LogP contribution is -2.02. The lowest BCUT2D eigenvalue weighted by atomic mass is 10.1. The van der Waals surface area contributed by atoms with Crippen molar-refractivity contribution in [1.82, 2.24) is 0 Å². The van der Waals surface area contributed by atoms with E-state index in [0.29, 0.717) is 0 Å². The van der Waals surface area contributed by atoms with Gasteiger partial charge in [0, 0.05) is 25.2 Å². The molecule has 2 aromatic rings. The van der Waals surface area contributed by atoms with Crippen molar-refractivity contribution < 1.29 is 31.7 Å². The average molecular weight is 377 g/mol. The first-order valence-electron chi connectivity index (χ1n) is 6.30. The first-order valence-corrected chi connectivity index (χ1v) is 9.24. The molecule has 6 N–H and O–H groups in total. The number of anilines is 1. The van der Waals surface area contributed by atoms with E-state index >= 15 is 0 Å². The number of aromatic hydroxyl groups is 1. The Morgan fingerprint density at radius 2 is 1.71 bits per heavy atom. The van der Waals surface area contributed by atoms with Crippen LogP contribution in [0.15, 0.2) is 38.2 Å². The predicted molar refractivity (Wildman–Crippen MR) is 89.2 cm³/mol. The van der Waals surface area contributed by atoms with E-state index in [4.69, 9.17) is 0 Å². The third-order valence-electron chi connectivity index (χ3n) is 3.19. The second-order valence-electron chi connectivity index (χ2n) is 4.68. The third kappa shape index (κ3) is 3.28. The summed E-state index contributed by atoms with van der Waals surface area (Å²) in [6.45, 7) is 0. The van der Waals surface area contributed by atoms with Gasteiger partial charge in [0.1, 0.15) is 16.6 Å². The van der Waals surface area contributed by atoms with Crippen molar-refractivity contribution in [3.63, 3.8) is 0 Å². The maximum Gasteiger partial charge on any atom is 0.294 e. The molecule has 0 radical (unpaired) electrons. The van der Waals surface area contributed by atoms with Gasteiger partial charge in [-0.2, -0.15) is 18.6 Å². The van der Waals surface area contributed by atoms with Gasteiger partial charge in [0.15, 0.2) is 5.75 Å². The molecule has 0 heterocycles. The molecule has 0 unspecified atom stereocenters. The molecule has 0 amide bonds. The van der Waals surface area contributed by atoms with E-state index in [0.717, 1.165) is 18.2 Å². The smallest absolute Gasteiger partial charge is 0.294 e. The molecule has 0 saturated carbocycles. The number of nitrogens with zero attached hydrogens (tertiary/aromatic N) is 2. The fourth-order valence-corrected chi connectivity index (χ4v) is 3.44. The summed E-state index contributed by atoms with van der Waals surface area (Å²) in [5.41, 5.74) is -0.241. The Bertz CT molecular complexity index is 936. The molecule has 0 atom stereocenters. The number of azo groups is 1. The Balaban J connectivity index is 3.04. The highest BCUT2D eigenvalue weighted by Gasteiger charge is 2.27. The lowest BCUT2D eigenvalue weighted by Gasteiger charge is -2.22. The van der Waals surface area contributed by atoms with Crippen molar-refractivity contribution in [1.29, 1.82) is 0 Å². The van der Waals surface area contributed by atoms with Crippen molar-refractivity contribution in [2.24, 2.45) is 10.2 Å². The van der Waals surface area contributed by atoms with Crippen LogP contribution in [-0.4, -0.2) is 45.8 Å². The number of hydrogen-bond donors (Lipinski definition) is 6. The molecular weight excluding hydrogens is 362 g/mol. The van der Waals surface area contributed by atoms with Crippen molar-refractivity contribution in [3.8, 4) is 5.75 Å². The Kier molecular flexibility index (Phi) is 4.72. The molecule has 24 heavy (non-hydrogen) atoms. The molecular formula is C12H15N3O7S2. The molecule has 0 bridgehead atoms. The number of rotatable bonds is 4. The van der Waals surface area contributed by atoms with Gasteiger partial charge in [0.2, 0.25) is 0 Å². The molecule has 132 valence electrons. The van der Waals surface area contributed by atoms with Crippen LogP contribution in [0, 0.1) is 0 Å². The fraction of sp³-hybridized carbons (Fsp3) is 0.167. The van der Waals surface area contributed by atoms with Crippen LogP contribution < -0.4 is 5.32 Å². The summed E-state index contributed by atoms with van der Waals surface area (Å²) in [6, 6.07) is 3.14. The van der Waals surface area contributed by atoms with Gasteiger partial charge in [-0.25, -0.2) is 0 Å². The number of phenols is 1. The monoisotopic (exact) mass is 377 g/mol. The van der Waals surface area contributed by atoms with Gasteiger partial charge in [-0.05, 0) is 23.6 Å². The summed E-state index contributed by atoms with van der Waals surface area (Å²) in [4.78, 5) is -1.02. The fourth-order valence-electron chi connectivity index (χ4n) is 2.21. The summed E-state index contributed by atoms with van der Waals surface area (Å²) in [5.74, 6) is -0.548. The van der Waals surface area contributed by atoms with Crippen LogP contribution in [0.5, 0.6) is 5.75 Å². The zero-order valence-electron chi connectivity index (χ0n) is 12.5. The SMILES string of the molecule is CN=Nc1c(S(O)(O)O)cc2cc(S(=O)(=O)O)cc(NC)c2c1O. The molecule has 10 nitrogen and oxygen atoms in total. The van der Waals surface area contributed by atoms with E-state index in [-0.39, 0.29) is 22.1 Å². The second kappa shape index (κ2) is 6.16. The number of hydrogen-bond acceptors (Lipinski definition) is 9. The van der Waals surface area contributed by atoms with Crippen LogP contribution in [0.3, 0.4) is 0 Å². The first kappa shape index (κ1) is 18.4. The minimum Gasteiger partial charge on any atom is -0.505 e. The van der Waals surface area contributed by atoms with Gasteiger partial charge >= 0.3 is 0 Å². The molecule has 12 heteroatoms. The molecule has 0 spiro atoms. The highest BCUT2D eigenvalue weighted by Crippen LogP contribution is 2.55. The predicted octanol–water partition coefficient (Wildman–Crippen LogP) is 3.13. The van der Waals surface area contributed by atoms with Crippen LogP contribution in [0.4, 0.5) is 11.4 Å². The van der Waals surface area contributed by atoms with Crippen LogP contribution in [0.25, 0.3) is 10.8 Å². The highest BCUT2D eigenvalue weighted by atomic mass is 32.3. The molecule has 0 aliphatic rings. The van der Waals surface area contributed by atoms with E-state index < -0.39 is 36.5 Å². The van der Waals surface area contributed by atoms with Gasteiger partial charge in [0.05, 0.1) is 9.79 Å². The Labute approximate surface area is 138 Å². The Hall–Kier alpha value is -1.96. The molecule has 2 aromatic carbocycles. The standard InChI is InChI=1S/C12H15N3O7S2/c1-13-8-5-7(23(17,18)19)3-6-4-9(24(20,21)22)11(15-14-2)12(16)10(6)8/h3-5,13,16,20-22H,1-2H3,(H,17,18,19). The third-order valence-corrected chi connectivity index (χ3v) is 4.92. The van der Waals surface area contributed by atoms with E-state index in [1.807, 2.05) is 0 Å². The largest absolute Gasteiger partial charge is 0.505 e. The molecule has 0 saturated heterocycles. The summed E-state index contributed by atoms with van der Waals surface area (Å²) >= 11 is 0. The summed E-state index contributed by atoms with van der Waals surface area (Å²) in [6.07, 6.45) is 0. The zero-order chi connectivity index (χ0) is 18.3. The zero-order valence-corrected chi connectivity index (χ0v) is 14.1. The Morgan fingerprint density at radius 1 is 1.08 bits per heavy atom. The van der Waals surface area contributed by atoms with E-state index in [2.05, 4.69) is 15.5 Å². The number of nitrogens with one attached hydrogen (secondary N) is 1. The molecule has 0 aliphatic heterocycles. The van der Waals surface area contributed by atoms with Crippen molar-refractivity contribution >= 4 is 43.1 Å². The highest BCUT2D eigenvalue weighted by molar-refractivity contribution is 8.19. The van der Waals surface area contributed by atoms with E-state index in [1.165, 1.54) is 14.1 Å². The molecule has 0 aromatic heterocycles. The second-order valence-corrected chi connectivity index (χ2v) is 7.58. The molecule has 0 aliphatic carbocycles. The number of benzene rings is 2.